The van der Waals surface area contributed by atoms with Crippen LogP contribution in [0.25, 0.3) is 0 Å². The second kappa shape index (κ2) is 11.5. The van der Waals surface area contributed by atoms with E-state index in [1.165, 1.54) is 6.07 Å². The predicted octanol–water partition coefficient (Wildman–Crippen LogP) is 4.43. The zero-order valence-electron chi connectivity index (χ0n) is 21.0. The number of methoxy groups -OCH3 is 2. The van der Waals surface area contributed by atoms with Crippen molar-refractivity contribution >= 4 is 17.6 Å². The average Bonchev–Trinajstić information content (AvgIpc) is 3.13. The Morgan fingerprint density at radius 3 is 2.46 bits per heavy atom. The molecule has 0 unspecified atom stereocenters. The Morgan fingerprint density at radius 1 is 1.09 bits per heavy atom. The number of guanidine groups is 1. The maximum atomic E-state index is 14.0. The minimum absolute atomic E-state index is 0.200. The van der Waals surface area contributed by atoms with Crippen LogP contribution in [-0.4, -0.2) is 42.4 Å². The molecule has 35 heavy (non-hydrogen) atoms. The second-order valence-corrected chi connectivity index (χ2v) is 8.06. The number of ether oxygens (including phenoxy) is 2. The Labute approximate surface area is 205 Å². The third-order valence-electron chi connectivity index (χ3n) is 5.77. The van der Waals surface area contributed by atoms with Crippen LogP contribution in [0.4, 0.5) is 10.1 Å². The summed E-state index contributed by atoms with van der Waals surface area (Å²) in [5.74, 6) is 0.433. The van der Waals surface area contributed by atoms with Gasteiger partial charge in [0.05, 0.1) is 19.9 Å². The van der Waals surface area contributed by atoms with Crippen molar-refractivity contribution in [3.05, 3.63) is 70.3 Å². The summed E-state index contributed by atoms with van der Waals surface area (Å²) >= 11 is 0. The minimum Gasteiger partial charge on any atom is -0.493 e. The van der Waals surface area contributed by atoms with Crippen LogP contribution in [0.1, 0.15) is 39.8 Å². The fourth-order valence-electron chi connectivity index (χ4n) is 3.76. The molecule has 3 rings (SSSR count). The molecule has 9 heteroatoms. The van der Waals surface area contributed by atoms with E-state index in [9.17, 15) is 9.18 Å². The van der Waals surface area contributed by atoms with Crippen molar-refractivity contribution in [1.82, 2.24) is 15.1 Å². The van der Waals surface area contributed by atoms with Gasteiger partial charge in [-0.1, -0.05) is 6.07 Å². The normalized spacial score (nSPS) is 11.3. The molecule has 1 aromatic heterocycles. The lowest BCUT2D eigenvalue weighted by molar-refractivity contribution is 0.0976. The van der Waals surface area contributed by atoms with Gasteiger partial charge < -0.3 is 14.8 Å². The van der Waals surface area contributed by atoms with Gasteiger partial charge in [-0.15, -0.1) is 0 Å². The number of amides is 1. The number of benzene rings is 2. The van der Waals surface area contributed by atoms with Gasteiger partial charge >= 0.3 is 0 Å². The van der Waals surface area contributed by atoms with Crippen LogP contribution in [0, 0.1) is 26.6 Å². The number of carbonyl (C=O) groups is 1. The Balaban J connectivity index is 1.85. The summed E-state index contributed by atoms with van der Waals surface area (Å²) in [5, 5.41) is 10.5. The van der Waals surface area contributed by atoms with Crippen LogP contribution in [0.5, 0.6) is 11.5 Å². The zero-order chi connectivity index (χ0) is 25.5. The van der Waals surface area contributed by atoms with Crippen molar-refractivity contribution in [2.24, 2.45) is 4.99 Å². The number of hydrogen-bond acceptors (Lipinski definition) is 5. The molecule has 2 aromatic carbocycles. The smallest absolute Gasteiger partial charge is 0.258 e. The lowest BCUT2D eigenvalue weighted by Crippen LogP contribution is -2.36. The maximum absolute atomic E-state index is 14.0. The summed E-state index contributed by atoms with van der Waals surface area (Å²) in [5.41, 5.74) is 4.51. The number of aromatic nitrogens is 2. The highest BCUT2D eigenvalue weighted by Gasteiger charge is 2.14. The number of hydrogen-bond donors (Lipinski definition) is 2. The van der Waals surface area contributed by atoms with E-state index >= 15 is 0 Å². The largest absolute Gasteiger partial charge is 0.493 e. The summed E-state index contributed by atoms with van der Waals surface area (Å²) in [6, 6.07) is 9.64. The number of aryl methyl sites for hydroxylation is 3. The number of halogens is 1. The van der Waals surface area contributed by atoms with Crippen LogP contribution in [-0.2, 0) is 13.0 Å². The van der Waals surface area contributed by atoms with Crippen LogP contribution in [0.3, 0.4) is 0 Å². The lowest BCUT2D eigenvalue weighted by Gasteiger charge is -2.14. The molecule has 0 saturated heterocycles. The molecular weight excluding hydrogens is 449 g/mol. The van der Waals surface area contributed by atoms with E-state index in [2.05, 4.69) is 27.6 Å². The van der Waals surface area contributed by atoms with Gasteiger partial charge in [0.25, 0.3) is 5.91 Å². The molecule has 0 saturated carbocycles. The van der Waals surface area contributed by atoms with E-state index in [1.54, 1.807) is 51.5 Å². The van der Waals surface area contributed by atoms with Crippen LogP contribution in [0.15, 0.2) is 41.4 Å². The topological polar surface area (TPSA) is 89.8 Å². The highest BCUT2D eigenvalue weighted by molar-refractivity contribution is 6.10. The Morgan fingerprint density at radius 2 is 1.83 bits per heavy atom. The molecule has 0 spiro atoms. The zero-order valence-corrected chi connectivity index (χ0v) is 21.0. The molecule has 0 aliphatic rings. The summed E-state index contributed by atoms with van der Waals surface area (Å²) in [4.78, 5) is 17.5. The molecule has 0 radical (unpaired) electrons. The average molecular weight is 482 g/mol. The maximum Gasteiger partial charge on any atom is 0.258 e. The minimum atomic E-state index is -0.471. The molecule has 1 amide bonds. The molecule has 0 bridgehead atoms. The van der Waals surface area contributed by atoms with Crippen LogP contribution in [0.2, 0.25) is 0 Å². The van der Waals surface area contributed by atoms with Crippen LogP contribution >= 0.6 is 0 Å². The molecule has 0 atom stereocenters. The molecule has 0 fully saturated rings. The SMILES string of the molecule is CCn1nc(C)c(CCN=C(NC(=O)c2ccc(C)c(F)c2)Nc2ccc(OC)c(OC)c2)c1C. The van der Waals surface area contributed by atoms with Crippen molar-refractivity contribution in [3.63, 3.8) is 0 Å². The highest BCUT2D eigenvalue weighted by Crippen LogP contribution is 2.29. The number of nitrogens with zero attached hydrogens (tertiary/aromatic N) is 3. The quantitative estimate of drug-likeness (QED) is 0.367. The van der Waals surface area contributed by atoms with Gasteiger partial charge in [-0.05, 0) is 69.5 Å². The van der Waals surface area contributed by atoms with E-state index in [4.69, 9.17) is 9.47 Å². The van der Waals surface area contributed by atoms with Crippen molar-refractivity contribution in [1.29, 1.82) is 0 Å². The van der Waals surface area contributed by atoms with Gasteiger partial charge in [-0.3, -0.25) is 19.8 Å². The third kappa shape index (κ3) is 6.17. The molecule has 0 aliphatic heterocycles. The summed E-state index contributed by atoms with van der Waals surface area (Å²) in [6.45, 7) is 8.93. The fourth-order valence-corrected chi connectivity index (χ4v) is 3.76. The highest BCUT2D eigenvalue weighted by atomic mass is 19.1. The van der Waals surface area contributed by atoms with Crippen molar-refractivity contribution in [3.8, 4) is 11.5 Å². The standard InChI is InChI=1S/C26H32FN5O3/c1-7-32-18(4)21(17(3)31-32)12-13-28-26(29-20-10-11-23(34-5)24(15-20)35-6)30-25(33)19-9-8-16(2)22(27)14-19/h8-11,14-15H,7,12-13H2,1-6H3,(H2,28,29,30,33). The second-order valence-electron chi connectivity index (χ2n) is 8.06. The van der Waals surface area contributed by atoms with Crippen molar-refractivity contribution in [2.45, 2.75) is 40.7 Å². The monoisotopic (exact) mass is 481 g/mol. The van der Waals surface area contributed by atoms with Crippen LogP contribution < -0.4 is 20.1 Å². The first-order valence-electron chi connectivity index (χ1n) is 11.4. The van der Waals surface area contributed by atoms with Gasteiger partial charge in [-0.25, -0.2) is 4.39 Å². The summed E-state index contributed by atoms with van der Waals surface area (Å²) < 4.78 is 26.6. The number of nitrogens with one attached hydrogen (secondary N) is 2. The Bertz CT molecular complexity index is 1240. The van der Waals surface area contributed by atoms with Crippen molar-refractivity contribution in [2.75, 3.05) is 26.1 Å². The number of carbonyl (C=O) groups excluding carboxylic acids is 1. The Hall–Kier alpha value is -3.88. The van der Waals surface area contributed by atoms with Gasteiger partial charge in [0, 0.05) is 36.1 Å². The number of aliphatic imine (C=N–C) groups is 1. The Kier molecular flexibility index (Phi) is 8.46. The molecule has 1 heterocycles. The molecule has 2 N–H and O–H groups in total. The van der Waals surface area contributed by atoms with E-state index < -0.39 is 11.7 Å². The van der Waals surface area contributed by atoms with E-state index in [-0.39, 0.29) is 11.5 Å². The lowest BCUT2D eigenvalue weighted by atomic mass is 10.1. The number of rotatable bonds is 8. The molecule has 186 valence electrons. The van der Waals surface area contributed by atoms with Crippen molar-refractivity contribution < 1.29 is 18.7 Å². The molecular formula is C26H32FN5O3. The number of anilines is 1. The third-order valence-corrected chi connectivity index (χ3v) is 5.77. The first-order valence-corrected chi connectivity index (χ1v) is 11.4. The first kappa shape index (κ1) is 25.7. The fraction of sp³-hybridized carbons (Fsp3) is 0.346. The molecule has 8 nitrogen and oxygen atoms in total. The molecule has 3 aromatic rings. The molecule has 0 aliphatic carbocycles. The van der Waals surface area contributed by atoms with Gasteiger partial charge in [-0.2, -0.15) is 5.10 Å². The predicted molar refractivity (Wildman–Crippen MR) is 135 cm³/mol. The van der Waals surface area contributed by atoms with E-state index in [1.807, 2.05) is 18.5 Å². The van der Waals surface area contributed by atoms with Gasteiger partial charge in [0.15, 0.2) is 11.5 Å². The van der Waals surface area contributed by atoms with Gasteiger partial charge in [0.2, 0.25) is 5.96 Å². The first-order chi connectivity index (χ1) is 16.8. The van der Waals surface area contributed by atoms with E-state index in [0.717, 1.165) is 23.5 Å². The summed E-state index contributed by atoms with van der Waals surface area (Å²) in [6.07, 6.45) is 0.657. The summed E-state index contributed by atoms with van der Waals surface area (Å²) in [7, 11) is 3.11. The van der Waals surface area contributed by atoms with Gasteiger partial charge in [0.1, 0.15) is 5.82 Å². The van der Waals surface area contributed by atoms with E-state index in [0.29, 0.717) is 35.7 Å².